The number of carbonyl (C=O) groups is 1. The normalized spacial score (nSPS) is 11.2. The number of nitrogens with zero attached hydrogens (tertiary/aromatic N) is 1. The average molecular weight is 356 g/mol. The molecule has 150 valence electrons. The lowest BCUT2D eigenvalue weighted by molar-refractivity contribution is -0.124. The minimum absolute atomic E-state index is 0.141. The molecule has 0 aliphatic heterocycles. The van der Waals surface area contributed by atoms with Crippen molar-refractivity contribution in [1.29, 1.82) is 0 Å². The predicted molar refractivity (Wildman–Crippen MR) is 108 cm³/mol. The van der Waals surface area contributed by atoms with Crippen molar-refractivity contribution in [3.05, 3.63) is 5.21 Å². The van der Waals surface area contributed by atoms with Gasteiger partial charge in [0, 0.05) is 13.0 Å². The van der Waals surface area contributed by atoms with Crippen LogP contribution in [0.2, 0.25) is 0 Å². The van der Waals surface area contributed by atoms with E-state index in [1.165, 1.54) is 83.5 Å². The van der Waals surface area contributed by atoms with Crippen molar-refractivity contribution in [2.24, 2.45) is 0 Å². The third-order valence-electron chi connectivity index (χ3n) is 4.68. The molecule has 0 heterocycles. The fourth-order valence-corrected chi connectivity index (χ4v) is 3.11. The Morgan fingerprint density at radius 3 is 1.48 bits per heavy atom. The van der Waals surface area contributed by atoms with Gasteiger partial charge in [0.1, 0.15) is 0 Å². The molecule has 0 fully saturated rings. The molecule has 0 radical (unpaired) electrons. The topological polar surface area (TPSA) is 55.4 Å². The molecular weight excluding hydrogens is 312 g/mol. The summed E-state index contributed by atoms with van der Waals surface area (Å²) in [6.45, 7) is 4.56. The van der Waals surface area contributed by atoms with Crippen LogP contribution in [0.15, 0.2) is 0 Å². The van der Waals surface area contributed by atoms with Crippen LogP contribution in [0.5, 0.6) is 0 Å². The predicted octanol–water partition coefficient (Wildman–Crippen LogP) is 6.49. The summed E-state index contributed by atoms with van der Waals surface area (Å²) in [5.74, 6) is -0.141. The van der Waals surface area contributed by atoms with E-state index in [2.05, 4.69) is 12.3 Å². The number of hydrogen-bond donors (Lipinski definition) is 1. The molecule has 0 atom stereocenters. The number of amides is 1. The first-order valence-electron chi connectivity index (χ1n) is 10.9. The van der Waals surface area contributed by atoms with Gasteiger partial charge in [-0.2, -0.15) is 0 Å². The molecule has 25 heavy (non-hydrogen) atoms. The lowest BCUT2D eigenvalue weighted by Gasteiger charge is -2.27. The van der Waals surface area contributed by atoms with Gasteiger partial charge in [-0.25, -0.2) is 0 Å². The Hall–Kier alpha value is -0.610. The summed E-state index contributed by atoms with van der Waals surface area (Å²) in [5.41, 5.74) is 2.37. The third-order valence-corrected chi connectivity index (χ3v) is 4.68. The molecule has 0 bridgehead atoms. The van der Waals surface area contributed by atoms with Crippen molar-refractivity contribution in [3.8, 4) is 0 Å². The van der Waals surface area contributed by atoms with E-state index >= 15 is 0 Å². The van der Waals surface area contributed by atoms with Gasteiger partial charge in [-0.3, -0.25) is 9.97 Å². The van der Waals surface area contributed by atoms with Gasteiger partial charge in [0.2, 0.25) is 5.91 Å². The van der Waals surface area contributed by atoms with Crippen LogP contribution in [0.3, 0.4) is 0 Å². The lowest BCUT2D eigenvalue weighted by Crippen LogP contribution is -2.38. The maximum atomic E-state index is 11.5. The average Bonchev–Trinajstić information content (AvgIpc) is 2.58. The van der Waals surface area contributed by atoms with Crippen LogP contribution in [-0.2, 0) is 4.79 Å². The number of rotatable bonds is 19. The second kappa shape index (κ2) is 19.7. The van der Waals surface area contributed by atoms with Crippen molar-refractivity contribution in [1.82, 2.24) is 10.6 Å². The molecule has 1 N–H and O–H groups in total. The van der Waals surface area contributed by atoms with Crippen molar-refractivity contribution in [2.75, 3.05) is 6.54 Å². The van der Waals surface area contributed by atoms with Crippen molar-refractivity contribution < 1.29 is 4.79 Å². The van der Waals surface area contributed by atoms with E-state index in [1.807, 2.05) is 6.92 Å². The first kappa shape index (κ1) is 24.4. The number of unbranched alkanes of at least 4 members (excludes halogenated alkanes) is 14. The highest BCUT2D eigenvalue weighted by Gasteiger charge is 2.01. The molecule has 0 aliphatic rings. The van der Waals surface area contributed by atoms with Crippen LogP contribution in [0.25, 0.3) is 0 Å². The van der Waals surface area contributed by atoms with E-state index in [0.29, 0.717) is 18.1 Å². The maximum absolute atomic E-state index is 11.5. The molecule has 0 rings (SSSR count). The van der Waals surface area contributed by atoms with Gasteiger partial charge in [0.05, 0.1) is 0 Å². The molecule has 0 saturated heterocycles. The highest BCUT2D eigenvalue weighted by Crippen LogP contribution is 2.13. The zero-order chi connectivity index (χ0) is 18.6. The summed E-state index contributed by atoms with van der Waals surface area (Å²) in [7, 11) is 0. The number of nitrogens with one attached hydrogen (secondary N) is 1. The Morgan fingerprint density at radius 2 is 1.08 bits per heavy atom. The van der Waals surface area contributed by atoms with Gasteiger partial charge in [-0.15, -0.1) is 0 Å². The molecule has 0 unspecified atom stereocenters. The number of hydrazine groups is 1. The van der Waals surface area contributed by atoms with Gasteiger partial charge in [-0.05, 0) is 12.8 Å². The van der Waals surface area contributed by atoms with E-state index in [4.69, 9.17) is 0 Å². The second-order valence-corrected chi connectivity index (χ2v) is 7.34. The SMILES string of the molecule is CCCCCCCCCCCCCCCCCC(=O)NN([O-])CCC. The Morgan fingerprint density at radius 1 is 0.680 bits per heavy atom. The molecular formula is C21H43N2O2-. The maximum Gasteiger partial charge on any atom is 0.233 e. The van der Waals surface area contributed by atoms with Crippen molar-refractivity contribution in [2.45, 2.75) is 123 Å². The summed E-state index contributed by atoms with van der Waals surface area (Å²) in [6, 6.07) is 0. The third kappa shape index (κ3) is 19.6. The van der Waals surface area contributed by atoms with Crippen LogP contribution in [0, 0.1) is 5.21 Å². The largest absolute Gasteiger partial charge is 0.767 e. The number of hydrogen-bond acceptors (Lipinski definition) is 3. The zero-order valence-electron chi connectivity index (χ0n) is 17.0. The Balaban J connectivity index is 3.15. The minimum Gasteiger partial charge on any atom is -0.767 e. The lowest BCUT2D eigenvalue weighted by atomic mass is 10.0. The van der Waals surface area contributed by atoms with Gasteiger partial charge in [0.25, 0.3) is 0 Å². The molecule has 0 saturated carbocycles. The summed E-state index contributed by atoms with van der Waals surface area (Å²) in [6.07, 6.45) is 21.0. The van der Waals surface area contributed by atoms with E-state index in [-0.39, 0.29) is 5.91 Å². The van der Waals surface area contributed by atoms with Crippen molar-refractivity contribution >= 4 is 5.91 Å². The van der Waals surface area contributed by atoms with E-state index in [0.717, 1.165) is 19.3 Å². The van der Waals surface area contributed by atoms with Gasteiger partial charge in [-0.1, -0.05) is 104 Å². The van der Waals surface area contributed by atoms with Crippen molar-refractivity contribution in [3.63, 3.8) is 0 Å². The van der Waals surface area contributed by atoms with Crippen LogP contribution in [-0.4, -0.2) is 17.6 Å². The molecule has 4 nitrogen and oxygen atoms in total. The number of carbonyl (C=O) groups excluding carboxylic acids is 1. The van der Waals surface area contributed by atoms with Crippen LogP contribution in [0.4, 0.5) is 0 Å². The zero-order valence-corrected chi connectivity index (χ0v) is 17.0. The quantitative estimate of drug-likeness (QED) is 0.213. The van der Waals surface area contributed by atoms with E-state index in [1.54, 1.807) is 0 Å². The van der Waals surface area contributed by atoms with Gasteiger partial charge in [0.15, 0.2) is 0 Å². The fraction of sp³-hybridized carbons (Fsp3) is 0.952. The van der Waals surface area contributed by atoms with Crippen LogP contribution >= 0.6 is 0 Å². The minimum atomic E-state index is -0.141. The highest BCUT2D eigenvalue weighted by molar-refractivity contribution is 5.75. The van der Waals surface area contributed by atoms with Crippen LogP contribution < -0.4 is 5.43 Å². The van der Waals surface area contributed by atoms with E-state index in [9.17, 15) is 10.0 Å². The molecule has 0 aromatic heterocycles. The summed E-state index contributed by atoms with van der Waals surface area (Å²) < 4.78 is 0. The first-order valence-corrected chi connectivity index (χ1v) is 10.9. The molecule has 0 aromatic carbocycles. The van der Waals surface area contributed by atoms with Crippen LogP contribution in [0.1, 0.15) is 123 Å². The summed E-state index contributed by atoms with van der Waals surface area (Å²) in [5, 5.41) is 11.8. The van der Waals surface area contributed by atoms with Gasteiger partial charge >= 0.3 is 0 Å². The molecule has 1 amide bonds. The molecule has 4 heteroatoms. The molecule has 0 aromatic rings. The fourth-order valence-electron chi connectivity index (χ4n) is 3.11. The second-order valence-electron chi connectivity index (χ2n) is 7.34. The summed E-state index contributed by atoms with van der Waals surface area (Å²) >= 11 is 0. The Bertz CT molecular complexity index is 285. The first-order chi connectivity index (χ1) is 12.2. The Labute approximate surface area is 156 Å². The standard InChI is InChI=1S/C21H43N2O2/c1-3-5-6-7-8-9-10-11-12-13-14-15-16-17-18-19-21(24)22-23(25)20-4-2/h3-20H2,1-2H3,(H,22,24)/q-1. The smallest absolute Gasteiger partial charge is 0.233 e. The van der Waals surface area contributed by atoms with E-state index < -0.39 is 0 Å². The highest BCUT2D eigenvalue weighted by atomic mass is 16.5. The van der Waals surface area contributed by atoms with Gasteiger partial charge < -0.3 is 10.6 Å². The molecule has 0 spiro atoms. The number of hydroxylamine groups is 1. The monoisotopic (exact) mass is 355 g/mol. The summed E-state index contributed by atoms with van der Waals surface area (Å²) in [4.78, 5) is 11.5. The Kier molecular flexibility index (Phi) is 19.2. The molecule has 0 aliphatic carbocycles.